The molecule has 4 aromatic carbocycles. The fraction of sp³-hybridized carbons (Fsp3) is 0.0690. The average molecular weight is 514 g/mol. The molecule has 6 nitrogen and oxygen atoms in total. The van der Waals surface area contributed by atoms with Gasteiger partial charge in [0.05, 0.1) is 17.1 Å². The Labute approximate surface area is 217 Å². The number of hydrogen-bond acceptors (Lipinski definition) is 5. The van der Waals surface area contributed by atoms with Gasteiger partial charge in [0.15, 0.2) is 0 Å². The third-order valence-electron chi connectivity index (χ3n) is 5.79. The molecule has 1 heterocycles. The zero-order valence-corrected chi connectivity index (χ0v) is 20.2. The van der Waals surface area contributed by atoms with E-state index < -0.39 is 5.91 Å². The minimum atomic E-state index is -0.397. The topological polar surface area (TPSA) is 84.3 Å². The van der Waals surface area contributed by atoms with Gasteiger partial charge in [0.2, 0.25) is 0 Å². The summed E-state index contributed by atoms with van der Waals surface area (Å²) in [6.07, 6.45) is 1.39. The Kier molecular flexibility index (Phi) is 7.07. The van der Waals surface area contributed by atoms with Crippen molar-refractivity contribution < 1.29 is 19.0 Å². The number of nitrogens with one attached hydrogen (secondary N) is 1. The number of benzene rings is 4. The normalized spacial score (nSPS) is 10.9. The second kappa shape index (κ2) is 10.7. The average Bonchev–Trinajstić information content (AvgIpc) is 2.92. The molecule has 0 aliphatic carbocycles. The first-order valence-corrected chi connectivity index (χ1v) is 11.8. The summed E-state index contributed by atoms with van der Waals surface area (Å²) in [6.45, 7) is 0.0858. The molecule has 0 aliphatic rings. The first kappa shape index (κ1) is 24.4. The maximum atomic E-state index is 13.4. The van der Waals surface area contributed by atoms with E-state index in [0.29, 0.717) is 33.6 Å². The molecule has 0 fully saturated rings. The predicted octanol–water partition coefficient (Wildman–Crippen LogP) is 6.41. The van der Waals surface area contributed by atoms with Gasteiger partial charge < -0.3 is 15.2 Å². The highest BCUT2D eigenvalue weighted by atomic mass is 35.5. The predicted molar refractivity (Wildman–Crippen MR) is 141 cm³/mol. The van der Waals surface area contributed by atoms with Gasteiger partial charge in [0, 0.05) is 10.9 Å². The monoisotopic (exact) mass is 513 g/mol. The number of aliphatic hydroxyl groups excluding tert-OH is 1. The Bertz CT molecular complexity index is 1610. The molecule has 0 aliphatic heterocycles. The summed E-state index contributed by atoms with van der Waals surface area (Å²) in [7, 11) is 0. The van der Waals surface area contributed by atoms with E-state index in [4.69, 9.17) is 16.3 Å². The largest absolute Gasteiger partial charge is 0.487 e. The number of carbonyl (C=O) groups is 1. The van der Waals surface area contributed by atoms with Crippen molar-refractivity contribution >= 4 is 34.2 Å². The van der Waals surface area contributed by atoms with E-state index in [1.807, 2.05) is 42.5 Å². The molecular weight excluding hydrogens is 493 g/mol. The molecule has 0 radical (unpaired) electrons. The van der Waals surface area contributed by atoms with Crippen LogP contribution in [0.3, 0.4) is 0 Å². The maximum Gasteiger partial charge on any atom is 0.256 e. The molecular formula is C29H21ClFN3O3. The highest BCUT2D eigenvalue weighted by Crippen LogP contribution is 2.29. The van der Waals surface area contributed by atoms with Crippen LogP contribution in [0.2, 0.25) is 5.02 Å². The molecule has 0 saturated heterocycles. The summed E-state index contributed by atoms with van der Waals surface area (Å²) in [6, 6.07) is 24.1. The van der Waals surface area contributed by atoms with Gasteiger partial charge in [-0.15, -0.1) is 0 Å². The molecule has 1 aromatic heterocycles. The lowest BCUT2D eigenvalue weighted by atomic mass is 10.0. The van der Waals surface area contributed by atoms with E-state index in [0.717, 1.165) is 16.7 Å². The minimum absolute atomic E-state index is 0.0525. The first-order chi connectivity index (χ1) is 18.0. The summed E-state index contributed by atoms with van der Waals surface area (Å²) in [5.74, 6) is -0.00375. The highest BCUT2D eigenvalue weighted by molar-refractivity contribution is 6.32. The Morgan fingerprint density at radius 1 is 0.919 bits per heavy atom. The third-order valence-corrected chi connectivity index (χ3v) is 6.08. The van der Waals surface area contributed by atoms with E-state index in [1.54, 1.807) is 24.3 Å². The van der Waals surface area contributed by atoms with Crippen LogP contribution in [0, 0.1) is 5.82 Å². The Balaban J connectivity index is 1.36. The molecule has 8 heteroatoms. The van der Waals surface area contributed by atoms with E-state index in [-0.39, 0.29) is 24.1 Å². The van der Waals surface area contributed by atoms with E-state index in [9.17, 15) is 14.3 Å². The van der Waals surface area contributed by atoms with Gasteiger partial charge in [-0.1, -0.05) is 48.0 Å². The minimum Gasteiger partial charge on any atom is -0.487 e. The van der Waals surface area contributed by atoms with Crippen LogP contribution in [0.25, 0.3) is 22.0 Å². The maximum absolute atomic E-state index is 13.4. The van der Waals surface area contributed by atoms with Crippen LogP contribution in [-0.4, -0.2) is 21.0 Å². The number of fused-ring (bicyclic) bond motifs is 1. The van der Waals surface area contributed by atoms with Crippen molar-refractivity contribution in [1.82, 2.24) is 9.97 Å². The molecule has 37 heavy (non-hydrogen) atoms. The molecule has 5 rings (SSSR count). The van der Waals surface area contributed by atoms with Crippen LogP contribution in [-0.2, 0) is 13.2 Å². The number of aliphatic hydroxyl groups is 1. The quantitative estimate of drug-likeness (QED) is 0.262. The van der Waals surface area contributed by atoms with Crippen molar-refractivity contribution in [3.8, 4) is 16.9 Å². The van der Waals surface area contributed by atoms with Gasteiger partial charge in [-0.2, -0.15) is 0 Å². The SMILES string of the molecule is O=C(Nc1ncnc2ccc(-c3cccc(CO)c3)cc12)c1ccc(OCc2cccc(F)c2)c(Cl)c1. The lowest BCUT2D eigenvalue weighted by Gasteiger charge is -2.11. The van der Waals surface area contributed by atoms with Crippen LogP contribution in [0.15, 0.2) is 91.3 Å². The van der Waals surface area contributed by atoms with Crippen LogP contribution in [0.5, 0.6) is 5.75 Å². The Morgan fingerprint density at radius 3 is 2.54 bits per heavy atom. The number of ether oxygens (including phenoxy) is 1. The smallest absolute Gasteiger partial charge is 0.256 e. The van der Waals surface area contributed by atoms with E-state index in [1.165, 1.54) is 24.5 Å². The summed E-state index contributed by atoms with van der Waals surface area (Å²) >= 11 is 6.36. The number of anilines is 1. The molecule has 0 spiro atoms. The van der Waals surface area contributed by atoms with Gasteiger partial charge >= 0.3 is 0 Å². The first-order valence-electron chi connectivity index (χ1n) is 11.4. The van der Waals surface area contributed by atoms with E-state index >= 15 is 0 Å². The standard InChI is InChI=1S/C29H21ClFN3O3/c30-25-14-22(8-10-27(25)37-16-19-4-2-6-23(31)12-19)29(36)34-28-24-13-21(7-9-26(24)32-17-33-28)20-5-1-3-18(11-20)15-35/h1-14,17,35H,15-16H2,(H,32,33,34,36). The molecule has 5 aromatic rings. The molecule has 0 unspecified atom stereocenters. The molecule has 0 saturated carbocycles. The fourth-order valence-corrected chi connectivity index (χ4v) is 4.15. The lowest BCUT2D eigenvalue weighted by Crippen LogP contribution is -2.13. The van der Waals surface area contributed by atoms with Crippen molar-refractivity contribution in [3.63, 3.8) is 0 Å². The van der Waals surface area contributed by atoms with Crippen molar-refractivity contribution in [3.05, 3.63) is 119 Å². The number of carbonyl (C=O) groups excluding carboxylic acids is 1. The molecule has 2 N–H and O–H groups in total. The molecule has 184 valence electrons. The van der Waals surface area contributed by atoms with Gasteiger partial charge in [-0.3, -0.25) is 4.79 Å². The number of halogens is 2. The Hall–Kier alpha value is -4.33. The fourth-order valence-electron chi connectivity index (χ4n) is 3.91. The summed E-state index contributed by atoms with van der Waals surface area (Å²) in [4.78, 5) is 21.6. The lowest BCUT2D eigenvalue weighted by molar-refractivity contribution is 0.102. The third kappa shape index (κ3) is 5.58. The van der Waals surface area contributed by atoms with Crippen LogP contribution in [0.1, 0.15) is 21.5 Å². The van der Waals surface area contributed by atoms with Crippen molar-refractivity contribution in [2.24, 2.45) is 0 Å². The summed E-state index contributed by atoms with van der Waals surface area (Å²) < 4.78 is 19.1. The van der Waals surface area contributed by atoms with Gasteiger partial charge in [0.1, 0.15) is 30.3 Å². The summed E-state index contributed by atoms with van der Waals surface area (Å²) in [5, 5.41) is 13.2. The van der Waals surface area contributed by atoms with Crippen LogP contribution in [0.4, 0.5) is 10.2 Å². The highest BCUT2D eigenvalue weighted by Gasteiger charge is 2.14. The summed E-state index contributed by atoms with van der Waals surface area (Å²) in [5.41, 5.74) is 4.28. The molecule has 1 amide bonds. The van der Waals surface area contributed by atoms with Crippen molar-refractivity contribution in [1.29, 1.82) is 0 Å². The molecule has 0 bridgehead atoms. The number of rotatable bonds is 7. The van der Waals surface area contributed by atoms with Gasteiger partial charge in [-0.05, 0) is 70.8 Å². The molecule has 0 atom stereocenters. The Morgan fingerprint density at radius 2 is 1.73 bits per heavy atom. The van der Waals surface area contributed by atoms with Gasteiger partial charge in [0.25, 0.3) is 5.91 Å². The van der Waals surface area contributed by atoms with E-state index in [2.05, 4.69) is 15.3 Å². The van der Waals surface area contributed by atoms with Gasteiger partial charge in [-0.25, -0.2) is 14.4 Å². The number of amides is 1. The van der Waals surface area contributed by atoms with Crippen LogP contribution >= 0.6 is 11.6 Å². The number of hydrogen-bond donors (Lipinski definition) is 2. The number of aromatic nitrogens is 2. The second-order valence-electron chi connectivity index (χ2n) is 8.33. The second-order valence-corrected chi connectivity index (χ2v) is 8.74. The van der Waals surface area contributed by atoms with Crippen LogP contribution < -0.4 is 10.1 Å². The number of nitrogens with zero attached hydrogens (tertiary/aromatic N) is 2. The zero-order chi connectivity index (χ0) is 25.8. The van der Waals surface area contributed by atoms with Crippen molar-refractivity contribution in [2.75, 3.05) is 5.32 Å². The zero-order valence-electron chi connectivity index (χ0n) is 19.5. The van der Waals surface area contributed by atoms with Crippen molar-refractivity contribution in [2.45, 2.75) is 13.2 Å².